The van der Waals surface area contributed by atoms with Crippen molar-refractivity contribution in [2.75, 3.05) is 20.3 Å². The number of nitrogens with one attached hydrogen (secondary N) is 1. The number of benzene rings is 1. The lowest BCUT2D eigenvalue weighted by atomic mass is 9.92. The van der Waals surface area contributed by atoms with Crippen molar-refractivity contribution in [3.63, 3.8) is 0 Å². The van der Waals surface area contributed by atoms with Gasteiger partial charge >= 0.3 is 0 Å². The van der Waals surface area contributed by atoms with Gasteiger partial charge in [0.2, 0.25) is 5.91 Å². The van der Waals surface area contributed by atoms with Crippen LogP contribution in [0, 0.1) is 6.92 Å². The summed E-state index contributed by atoms with van der Waals surface area (Å²) in [5.74, 6) is 0.0102. The molecular weight excluding hydrogens is 403 g/mol. The molecule has 1 aliphatic carbocycles. The van der Waals surface area contributed by atoms with E-state index in [2.05, 4.69) is 29.6 Å². The number of aromatic nitrogens is 1. The zero-order valence-electron chi connectivity index (χ0n) is 17.5. The predicted octanol–water partition coefficient (Wildman–Crippen LogP) is 1.23. The van der Waals surface area contributed by atoms with Crippen LogP contribution in [0.5, 0.6) is 0 Å². The third-order valence-corrected chi connectivity index (χ3v) is 5.20. The highest BCUT2D eigenvalue weighted by atomic mass is 31.1. The second-order valence-electron chi connectivity index (χ2n) is 6.72. The molecular formula is C22H33N2O5P. The molecule has 0 spiro atoms. The Hall–Kier alpha value is -2.15. The number of hydrogen-bond donors (Lipinski definition) is 1. The number of carbonyl (C=O) groups is 1. The molecule has 30 heavy (non-hydrogen) atoms. The van der Waals surface area contributed by atoms with Crippen LogP contribution in [0.4, 0.5) is 0 Å². The third-order valence-electron chi connectivity index (χ3n) is 4.71. The normalized spacial score (nSPS) is 12.2. The minimum atomic E-state index is 0. The molecule has 2 aromatic rings. The lowest BCUT2D eigenvalue weighted by Gasteiger charge is -2.16. The molecule has 5 N–H and O–H groups in total. The Balaban J connectivity index is 0.00000300. The van der Waals surface area contributed by atoms with Crippen molar-refractivity contribution < 1.29 is 26.2 Å². The number of hydrogen-bond acceptors (Lipinski definition) is 4. The number of nitrogens with zero attached hydrogens (tertiary/aromatic N) is 1. The fourth-order valence-electron chi connectivity index (χ4n) is 3.44. The molecule has 1 aliphatic rings. The number of fused-ring (bicyclic) bond motifs is 1. The van der Waals surface area contributed by atoms with Crippen LogP contribution in [0.3, 0.4) is 0 Å². The molecule has 8 heteroatoms. The molecule has 7 nitrogen and oxygen atoms in total. The Kier molecular flexibility index (Phi) is 11.4. The highest BCUT2D eigenvalue weighted by Gasteiger charge is 2.16. The van der Waals surface area contributed by atoms with Gasteiger partial charge in [-0.05, 0) is 42.9 Å². The van der Waals surface area contributed by atoms with E-state index in [1.165, 1.54) is 0 Å². The van der Waals surface area contributed by atoms with Crippen LogP contribution in [0.1, 0.15) is 31.9 Å². The van der Waals surface area contributed by atoms with Crippen molar-refractivity contribution in [2.24, 2.45) is 0 Å². The summed E-state index contributed by atoms with van der Waals surface area (Å²) in [6, 6.07) is 10.3. The summed E-state index contributed by atoms with van der Waals surface area (Å²) in [5.41, 5.74) is 4.20. The van der Waals surface area contributed by atoms with Gasteiger partial charge in [0.1, 0.15) is 0 Å². The molecule has 0 radical (unpaired) electrons. The number of aryl methyl sites for hydroxylation is 1. The minimum absolute atomic E-state index is 0. The van der Waals surface area contributed by atoms with Crippen LogP contribution in [0.25, 0.3) is 23.3 Å². The second-order valence-corrected chi connectivity index (χ2v) is 7.58. The summed E-state index contributed by atoms with van der Waals surface area (Å²) in [7, 11) is 1.66. The lowest BCUT2D eigenvalue weighted by molar-refractivity contribution is -0.120. The molecule has 0 fully saturated rings. The van der Waals surface area contributed by atoms with Gasteiger partial charge in [-0.2, -0.15) is 0 Å². The maximum Gasteiger partial charge on any atom is 0.224 e. The van der Waals surface area contributed by atoms with Crippen LogP contribution in [0.15, 0.2) is 30.3 Å². The number of pyridine rings is 1. The third kappa shape index (κ3) is 6.69. The zero-order chi connectivity index (χ0) is 19.8. The Labute approximate surface area is 180 Å². The molecule has 1 amide bonds. The van der Waals surface area contributed by atoms with Gasteiger partial charge in [0.15, 0.2) is 9.03 Å². The molecule has 1 unspecified atom stereocenters. The van der Waals surface area contributed by atoms with Crippen molar-refractivity contribution in [1.29, 1.82) is 0 Å². The van der Waals surface area contributed by atoms with Gasteiger partial charge in [0.25, 0.3) is 0 Å². The second kappa shape index (κ2) is 13.2. The monoisotopic (exact) mass is 436 g/mol. The van der Waals surface area contributed by atoms with Crippen molar-refractivity contribution in [3.8, 4) is 11.1 Å². The summed E-state index contributed by atoms with van der Waals surface area (Å²) in [5, 5.41) is 5.17. The van der Waals surface area contributed by atoms with E-state index in [9.17, 15) is 4.79 Å². The Morgan fingerprint density at radius 3 is 2.67 bits per heavy atom. The topological polar surface area (TPSA) is 123 Å². The first-order chi connectivity index (χ1) is 13.7. The molecule has 166 valence electrons. The van der Waals surface area contributed by atoms with Crippen LogP contribution in [-0.2, 0) is 20.3 Å². The largest absolute Gasteiger partial charge is 0.412 e. The molecule has 0 aliphatic heterocycles. The van der Waals surface area contributed by atoms with E-state index >= 15 is 0 Å². The smallest absolute Gasteiger partial charge is 0.224 e. The number of amides is 1. The van der Waals surface area contributed by atoms with E-state index in [0.717, 1.165) is 52.2 Å². The van der Waals surface area contributed by atoms with Crippen LogP contribution >= 0.6 is 9.03 Å². The predicted molar refractivity (Wildman–Crippen MR) is 124 cm³/mol. The van der Waals surface area contributed by atoms with Gasteiger partial charge in [0.05, 0.1) is 18.4 Å². The SMILES string of the molecule is COPOCCCNC(=O)Cc1c(C)nc2c(c1-c1ccccc1)=CCCC=2.O.O.[HH]. The van der Waals surface area contributed by atoms with E-state index in [1.54, 1.807) is 7.11 Å². The van der Waals surface area contributed by atoms with E-state index in [0.29, 0.717) is 19.6 Å². The maximum atomic E-state index is 12.6. The standard InChI is InChI=1S/C22H27N2O3P.2H2O.H2/c1-16-19(15-21(25)23-13-8-14-27-28-26-2)22(17-9-4-3-5-10-17)18-11-6-7-12-20(18)24-16;;;/h3-5,9-12,28H,6-8,13-15H2,1-2H3,(H,23,25);2*1H2;1H. The summed E-state index contributed by atoms with van der Waals surface area (Å²) >= 11 is 0. The Morgan fingerprint density at radius 2 is 1.93 bits per heavy atom. The van der Waals surface area contributed by atoms with Gasteiger partial charge < -0.3 is 25.3 Å². The van der Waals surface area contributed by atoms with Gasteiger partial charge in [-0.3, -0.25) is 9.78 Å². The molecule has 0 saturated carbocycles. The minimum Gasteiger partial charge on any atom is -0.412 e. The highest BCUT2D eigenvalue weighted by Crippen LogP contribution is 2.22. The first-order valence-corrected chi connectivity index (χ1v) is 10.4. The molecule has 0 saturated heterocycles. The van der Waals surface area contributed by atoms with Gasteiger partial charge in [-0.25, -0.2) is 0 Å². The summed E-state index contributed by atoms with van der Waals surface area (Å²) in [6.45, 7) is 3.16. The average molecular weight is 436 g/mol. The van der Waals surface area contributed by atoms with Crippen LogP contribution < -0.4 is 15.9 Å². The quantitative estimate of drug-likeness (QED) is 0.469. The van der Waals surface area contributed by atoms with E-state index in [1.807, 2.05) is 25.1 Å². The Morgan fingerprint density at radius 1 is 1.20 bits per heavy atom. The first kappa shape index (κ1) is 25.9. The molecule has 1 aromatic heterocycles. The van der Waals surface area contributed by atoms with Crippen LogP contribution in [-0.4, -0.2) is 42.1 Å². The van der Waals surface area contributed by atoms with Gasteiger partial charge in [0, 0.05) is 26.0 Å². The summed E-state index contributed by atoms with van der Waals surface area (Å²) in [6.07, 6.45) is 7.55. The summed E-state index contributed by atoms with van der Waals surface area (Å²) in [4.78, 5) is 17.4. The summed E-state index contributed by atoms with van der Waals surface area (Å²) < 4.78 is 10.1. The van der Waals surface area contributed by atoms with E-state index in [4.69, 9.17) is 14.0 Å². The van der Waals surface area contributed by atoms with Crippen molar-refractivity contribution >= 4 is 27.1 Å². The van der Waals surface area contributed by atoms with Crippen molar-refractivity contribution in [1.82, 2.24) is 10.3 Å². The van der Waals surface area contributed by atoms with Crippen molar-refractivity contribution in [3.05, 3.63) is 52.2 Å². The number of carbonyl (C=O) groups excluding carboxylic acids is 1. The first-order valence-electron chi connectivity index (χ1n) is 9.62. The molecule has 1 heterocycles. The van der Waals surface area contributed by atoms with Gasteiger partial charge in [-0.15, -0.1) is 0 Å². The highest BCUT2D eigenvalue weighted by molar-refractivity contribution is 7.26. The fourth-order valence-corrected chi connectivity index (χ4v) is 3.78. The van der Waals surface area contributed by atoms with E-state index in [-0.39, 0.29) is 27.3 Å². The van der Waals surface area contributed by atoms with Crippen molar-refractivity contribution in [2.45, 2.75) is 32.6 Å². The Bertz CT molecular complexity index is 941. The zero-order valence-corrected chi connectivity index (χ0v) is 18.5. The molecule has 1 aromatic carbocycles. The molecule has 1 atom stereocenters. The molecule has 0 bridgehead atoms. The fraction of sp³-hybridized carbons (Fsp3) is 0.364. The van der Waals surface area contributed by atoms with Crippen LogP contribution in [0.2, 0.25) is 0 Å². The van der Waals surface area contributed by atoms with E-state index < -0.39 is 0 Å². The maximum absolute atomic E-state index is 12.6. The molecule has 3 rings (SSSR count). The average Bonchev–Trinajstić information content (AvgIpc) is 2.72. The van der Waals surface area contributed by atoms with Gasteiger partial charge in [-0.1, -0.05) is 42.5 Å². The number of rotatable bonds is 9. The lowest BCUT2D eigenvalue weighted by Crippen LogP contribution is -2.36.